The molecule has 1 radical (unpaired) electrons. The van der Waals surface area contributed by atoms with Gasteiger partial charge in [0.2, 0.25) is 0 Å². The normalized spacial score (nSPS) is 39.7. The molecule has 1 saturated heterocycles. The molecule has 125 valence electrons. The van der Waals surface area contributed by atoms with Gasteiger partial charge in [-0.05, 0) is 0 Å². The molecule has 0 bridgehead atoms. The second-order valence-electron chi connectivity index (χ2n) is 7.36. The van der Waals surface area contributed by atoms with Crippen LogP contribution in [0.25, 0.3) is 0 Å². The van der Waals surface area contributed by atoms with Crippen LogP contribution in [0.1, 0.15) is 47.0 Å². The monoisotopic (exact) mass is 432 g/mol. The van der Waals surface area contributed by atoms with Gasteiger partial charge in [0.1, 0.15) is 0 Å². The van der Waals surface area contributed by atoms with Gasteiger partial charge in [0, 0.05) is 0 Å². The van der Waals surface area contributed by atoms with E-state index in [4.69, 9.17) is 19.0 Å². The molecule has 3 aliphatic rings. The molecular formula is C17H25BNO3Te. The summed E-state index contributed by atoms with van der Waals surface area (Å²) in [6, 6.07) is 0. The van der Waals surface area contributed by atoms with Crippen LogP contribution in [0.3, 0.4) is 0 Å². The van der Waals surface area contributed by atoms with Crippen LogP contribution in [-0.4, -0.2) is 52.0 Å². The van der Waals surface area contributed by atoms with Crippen molar-refractivity contribution in [2.45, 2.75) is 56.2 Å². The van der Waals surface area contributed by atoms with Gasteiger partial charge in [-0.25, -0.2) is 0 Å². The summed E-state index contributed by atoms with van der Waals surface area (Å²) in [7, 11) is 1.30. The fourth-order valence-electron chi connectivity index (χ4n) is 2.84. The first kappa shape index (κ1) is 17.5. The fourth-order valence-corrected chi connectivity index (χ4v) is 3.23. The van der Waals surface area contributed by atoms with Gasteiger partial charge in [0.15, 0.2) is 0 Å². The van der Waals surface area contributed by atoms with E-state index in [2.05, 4.69) is 40.0 Å². The SMILES string of the molecule is COC1=C\CC(C)C=N/C(C2CC2)=C\1B1OC(C)(C)C(C)([Te])O1. The molecule has 4 nitrogen and oxygen atoms in total. The summed E-state index contributed by atoms with van der Waals surface area (Å²) in [6.45, 7) is 8.42. The van der Waals surface area contributed by atoms with Crippen LogP contribution in [-0.2, 0) is 14.0 Å². The maximum absolute atomic E-state index is 6.30. The third kappa shape index (κ3) is 3.42. The Morgan fingerprint density at radius 2 is 2.00 bits per heavy atom. The van der Waals surface area contributed by atoms with Crippen LogP contribution in [0, 0.1) is 11.8 Å². The topological polar surface area (TPSA) is 40.0 Å². The number of allylic oxidation sites excluding steroid dienone is 3. The van der Waals surface area contributed by atoms with Crippen LogP contribution >= 0.6 is 0 Å². The number of hydrogen-bond donors (Lipinski definition) is 0. The van der Waals surface area contributed by atoms with Gasteiger partial charge in [0.25, 0.3) is 0 Å². The summed E-state index contributed by atoms with van der Waals surface area (Å²) in [6.07, 6.45) is 7.49. The molecule has 6 heteroatoms. The van der Waals surface area contributed by atoms with E-state index in [0.717, 1.165) is 23.3 Å². The van der Waals surface area contributed by atoms with E-state index in [1.54, 1.807) is 7.11 Å². The predicted molar refractivity (Wildman–Crippen MR) is 93.3 cm³/mol. The van der Waals surface area contributed by atoms with Gasteiger partial charge < -0.3 is 0 Å². The molecule has 2 aliphatic heterocycles. The van der Waals surface area contributed by atoms with E-state index in [-0.39, 0.29) is 9.25 Å². The Bertz CT molecular complexity index is 562. The summed E-state index contributed by atoms with van der Waals surface area (Å²) >= 11 is 1.99. The molecule has 0 N–H and O–H groups in total. The minimum absolute atomic E-state index is 0.354. The molecule has 0 aromatic rings. The van der Waals surface area contributed by atoms with Gasteiger partial charge >= 0.3 is 153 Å². The summed E-state index contributed by atoms with van der Waals surface area (Å²) in [5, 5.41) is 0. The first-order valence-electron chi connectivity index (χ1n) is 8.34. The number of hydrogen-bond acceptors (Lipinski definition) is 4. The Labute approximate surface area is 152 Å². The van der Waals surface area contributed by atoms with Crippen molar-refractivity contribution < 1.29 is 14.0 Å². The van der Waals surface area contributed by atoms with Crippen LogP contribution in [0.4, 0.5) is 0 Å². The Hall–Kier alpha value is -0.275. The number of ether oxygens (including phenoxy) is 1. The Morgan fingerprint density at radius 3 is 2.52 bits per heavy atom. The van der Waals surface area contributed by atoms with Crippen LogP contribution in [0.5, 0.6) is 0 Å². The van der Waals surface area contributed by atoms with E-state index in [0.29, 0.717) is 11.8 Å². The van der Waals surface area contributed by atoms with Gasteiger partial charge in [-0.3, -0.25) is 0 Å². The molecule has 1 aliphatic carbocycles. The minimum atomic E-state index is -0.421. The summed E-state index contributed by atoms with van der Waals surface area (Å²) in [4.78, 5) is 4.82. The summed E-state index contributed by atoms with van der Waals surface area (Å²) in [5.41, 5.74) is 1.71. The predicted octanol–water partition coefficient (Wildman–Crippen LogP) is 3.03. The second kappa shape index (κ2) is 6.22. The molecule has 23 heavy (non-hydrogen) atoms. The number of nitrogens with zero attached hydrogens (tertiary/aromatic N) is 1. The van der Waals surface area contributed by atoms with Crippen molar-refractivity contribution in [3.05, 3.63) is 23.0 Å². The fraction of sp³-hybridized carbons (Fsp3) is 0.706. The number of aliphatic imine (C=N–C) groups is 1. The van der Waals surface area contributed by atoms with E-state index >= 15 is 0 Å². The molecule has 0 aromatic carbocycles. The number of rotatable bonds is 3. The molecule has 2 fully saturated rings. The van der Waals surface area contributed by atoms with Crippen molar-refractivity contribution in [2.24, 2.45) is 16.8 Å². The van der Waals surface area contributed by atoms with Crippen molar-refractivity contribution in [3.8, 4) is 0 Å². The third-order valence-electron chi connectivity index (χ3n) is 4.93. The molecule has 2 atom stereocenters. The standard InChI is InChI=1S/C17H25BNO3Te/c1-11-6-9-13(20-5)14(15(19-10-11)12-7-8-12)18-21-16(2,3)17(4,23)22-18/h9-12H,6-8H2,1-5H3/b13-9-,15-14+,19-10?. The maximum atomic E-state index is 6.30. The van der Waals surface area contributed by atoms with Gasteiger partial charge in [-0.2, -0.15) is 0 Å². The van der Waals surface area contributed by atoms with E-state index < -0.39 is 7.12 Å². The molecule has 0 spiro atoms. The Kier molecular flexibility index (Phi) is 4.75. The zero-order chi connectivity index (χ0) is 16.8. The van der Waals surface area contributed by atoms with Gasteiger partial charge in [-0.1, -0.05) is 0 Å². The molecule has 2 heterocycles. The second-order valence-corrected chi connectivity index (χ2v) is 9.58. The quantitative estimate of drug-likeness (QED) is 0.647. The van der Waals surface area contributed by atoms with E-state index in [9.17, 15) is 0 Å². The molecule has 0 aromatic heterocycles. The molecule has 0 amide bonds. The summed E-state index contributed by atoms with van der Waals surface area (Å²) < 4.78 is 18.0. The van der Waals surface area contributed by atoms with Crippen molar-refractivity contribution in [3.63, 3.8) is 0 Å². The van der Waals surface area contributed by atoms with Crippen molar-refractivity contribution >= 4 is 35.6 Å². The van der Waals surface area contributed by atoms with E-state index in [1.165, 1.54) is 12.8 Å². The molecule has 2 unspecified atom stereocenters. The molecular weight excluding hydrogens is 405 g/mol. The van der Waals surface area contributed by atoms with Crippen LogP contribution < -0.4 is 0 Å². The summed E-state index contributed by atoms with van der Waals surface area (Å²) in [5.74, 6) is 1.77. The van der Waals surface area contributed by atoms with Crippen molar-refractivity contribution in [2.75, 3.05) is 7.11 Å². The van der Waals surface area contributed by atoms with Crippen LogP contribution in [0.2, 0.25) is 0 Å². The van der Waals surface area contributed by atoms with Gasteiger partial charge in [-0.15, -0.1) is 0 Å². The molecule has 3 rings (SSSR count). The average molecular weight is 430 g/mol. The zero-order valence-corrected chi connectivity index (χ0v) is 16.9. The van der Waals surface area contributed by atoms with E-state index in [1.807, 2.05) is 22.3 Å². The van der Waals surface area contributed by atoms with Crippen molar-refractivity contribution in [1.29, 1.82) is 0 Å². The first-order chi connectivity index (χ1) is 10.7. The zero-order valence-electron chi connectivity index (χ0n) is 14.6. The van der Waals surface area contributed by atoms with Crippen LogP contribution in [0.15, 0.2) is 28.0 Å². The average Bonchev–Trinajstić information content (AvgIpc) is 3.23. The third-order valence-corrected chi connectivity index (χ3v) is 6.61. The number of methoxy groups -OCH3 is 1. The van der Waals surface area contributed by atoms with Gasteiger partial charge in [0.05, 0.1) is 0 Å². The van der Waals surface area contributed by atoms with Crippen molar-refractivity contribution in [1.82, 2.24) is 0 Å². The Morgan fingerprint density at radius 1 is 1.30 bits per heavy atom. The Balaban J connectivity index is 2.06. The molecule has 1 saturated carbocycles. The first-order valence-corrected chi connectivity index (χ1v) is 9.50.